The molecule has 1 aliphatic heterocycles. The van der Waals surface area contributed by atoms with Gasteiger partial charge in [-0.3, -0.25) is 9.48 Å². The first-order valence-electron chi connectivity index (χ1n) is 6.29. The van der Waals surface area contributed by atoms with Gasteiger partial charge in [-0.1, -0.05) is 17.7 Å². The van der Waals surface area contributed by atoms with Crippen molar-refractivity contribution in [2.45, 2.75) is 25.4 Å². The lowest BCUT2D eigenvalue weighted by molar-refractivity contribution is 0.0930. The third kappa shape index (κ3) is 2.63. The van der Waals surface area contributed by atoms with Crippen LogP contribution in [0.2, 0.25) is 5.02 Å². The van der Waals surface area contributed by atoms with E-state index in [-0.39, 0.29) is 11.9 Å². The average Bonchev–Trinajstić information content (AvgIpc) is 2.86. The highest BCUT2D eigenvalue weighted by molar-refractivity contribution is 6.30. The van der Waals surface area contributed by atoms with Crippen LogP contribution in [0.4, 0.5) is 0 Å². The van der Waals surface area contributed by atoms with Crippen molar-refractivity contribution in [3.05, 3.63) is 52.8 Å². The van der Waals surface area contributed by atoms with Crippen LogP contribution in [-0.2, 0) is 13.0 Å². The predicted octanol–water partition coefficient (Wildman–Crippen LogP) is 2.28. The number of aryl methyl sites for hydroxylation is 1. The van der Waals surface area contributed by atoms with E-state index in [0.29, 0.717) is 10.6 Å². The molecule has 0 fully saturated rings. The highest BCUT2D eigenvalue weighted by Gasteiger charge is 2.20. The number of nitrogens with one attached hydrogen (secondary N) is 1. The van der Waals surface area contributed by atoms with Crippen LogP contribution in [0.5, 0.6) is 0 Å². The Labute approximate surface area is 116 Å². The molecule has 1 aliphatic rings. The normalized spacial score (nSPS) is 17.8. The summed E-state index contributed by atoms with van der Waals surface area (Å²) in [6.07, 6.45) is 3.53. The van der Waals surface area contributed by atoms with Gasteiger partial charge in [0, 0.05) is 41.5 Å². The summed E-state index contributed by atoms with van der Waals surface area (Å²) in [6, 6.07) is 9.16. The van der Waals surface area contributed by atoms with Crippen molar-refractivity contribution in [2.24, 2.45) is 0 Å². The van der Waals surface area contributed by atoms with E-state index in [2.05, 4.69) is 10.4 Å². The highest BCUT2D eigenvalue weighted by Crippen LogP contribution is 2.15. The molecule has 0 radical (unpaired) electrons. The number of carbonyl (C=O) groups is 1. The third-order valence-corrected chi connectivity index (χ3v) is 3.61. The first-order chi connectivity index (χ1) is 9.22. The Bertz CT molecular complexity index is 608. The van der Waals surface area contributed by atoms with Crippen molar-refractivity contribution in [3.63, 3.8) is 0 Å². The van der Waals surface area contributed by atoms with Gasteiger partial charge in [0.1, 0.15) is 0 Å². The number of benzene rings is 1. The maximum Gasteiger partial charge on any atom is 0.251 e. The van der Waals surface area contributed by atoms with Gasteiger partial charge in [-0.2, -0.15) is 5.10 Å². The van der Waals surface area contributed by atoms with E-state index in [1.807, 2.05) is 10.7 Å². The Kier molecular flexibility index (Phi) is 3.25. The number of hydrogen-bond donors (Lipinski definition) is 1. The molecular weight excluding hydrogens is 262 g/mol. The molecule has 1 amide bonds. The quantitative estimate of drug-likeness (QED) is 0.914. The molecule has 1 N–H and O–H groups in total. The van der Waals surface area contributed by atoms with E-state index in [4.69, 9.17) is 11.6 Å². The lowest BCUT2D eigenvalue weighted by atomic mass is 10.0. The molecule has 0 saturated carbocycles. The van der Waals surface area contributed by atoms with Gasteiger partial charge in [0.25, 0.3) is 5.91 Å². The first-order valence-corrected chi connectivity index (χ1v) is 6.67. The molecule has 19 heavy (non-hydrogen) atoms. The number of amides is 1. The second kappa shape index (κ2) is 5.05. The molecule has 3 rings (SSSR count). The fraction of sp³-hybridized carbons (Fsp3) is 0.286. The molecule has 1 aromatic carbocycles. The van der Waals surface area contributed by atoms with Crippen LogP contribution in [0.15, 0.2) is 36.5 Å². The maximum atomic E-state index is 12.1. The van der Waals surface area contributed by atoms with E-state index in [1.165, 1.54) is 5.69 Å². The Morgan fingerprint density at radius 2 is 2.32 bits per heavy atom. The minimum atomic E-state index is -0.0690. The topological polar surface area (TPSA) is 46.9 Å². The van der Waals surface area contributed by atoms with Gasteiger partial charge in [-0.05, 0) is 30.7 Å². The van der Waals surface area contributed by atoms with Crippen LogP contribution in [-0.4, -0.2) is 21.7 Å². The summed E-state index contributed by atoms with van der Waals surface area (Å²) in [5.74, 6) is -0.0690. The van der Waals surface area contributed by atoms with E-state index >= 15 is 0 Å². The number of hydrogen-bond acceptors (Lipinski definition) is 2. The standard InChI is InChI=1S/C14H14ClN3O/c15-11-3-1-2-10(8-11)14(19)17-12-5-7-18-13(9-12)4-6-16-18/h1-4,6,8,12H,5,7,9H2,(H,17,19). The lowest BCUT2D eigenvalue weighted by Crippen LogP contribution is -2.40. The zero-order valence-electron chi connectivity index (χ0n) is 10.3. The first kappa shape index (κ1) is 12.2. The Morgan fingerprint density at radius 3 is 3.16 bits per heavy atom. The van der Waals surface area contributed by atoms with Crippen molar-refractivity contribution in [2.75, 3.05) is 0 Å². The van der Waals surface area contributed by atoms with E-state index in [1.54, 1.807) is 30.5 Å². The van der Waals surface area contributed by atoms with Gasteiger partial charge in [0.2, 0.25) is 0 Å². The molecule has 1 atom stereocenters. The van der Waals surface area contributed by atoms with Crippen LogP contribution >= 0.6 is 11.6 Å². The van der Waals surface area contributed by atoms with Gasteiger partial charge in [0.15, 0.2) is 0 Å². The fourth-order valence-electron chi connectivity index (χ4n) is 2.39. The van der Waals surface area contributed by atoms with Crippen molar-refractivity contribution >= 4 is 17.5 Å². The number of halogens is 1. The third-order valence-electron chi connectivity index (χ3n) is 3.37. The number of carbonyl (C=O) groups excluding carboxylic acids is 1. The van der Waals surface area contributed by atoms with Crippen molar-refractivity contribution in [1.29, 1.82) is 0 Å². The molecule has 1 unspecified atom stereocenters. The minimum Gasteiger partial charge on any atom is -0.349 e. The minimum absolute atomic E-state index is 0.0690. The molecule has 5 heteroatoms. The Balaban J connectivity index is 1.68. The summed E-state index contributed by atoms with van der Waals surface area (Å²) < 4.78 is 1.99. The average molecular weight is 276 g/mol. The van der Waals surface area contributed by atoms with Crippen molar-refractivity contribution < 1.29 is 4.79 Å². The second-order valence-electron chi connectivity index (χ2n) is 4.72. The number of fused-ring (bicyclic) bond motifs is 1. The van der Waals surface area contributed by atoms with Gasteiger partial charge < -0.3 is 5.32 Å². The number of aromatic nitrogens is 2. The SMILES string of the molecule is O=C(NC1CCn2nccc2C1)c1cccc(Cl)c1. The molecule has 0 aliphatic carbocycles. The zero-order chi connectivity index (χ0) is 13.2. The predicted molar refractivity (Wildman–Crippen MR) is 73.3 cm³/mol. The monoisotopic (exact) mass is 275 g/mol. The molecule has 0 bridgehead atoms. The fourth-order valence-corrected chi connectivity index (χ4v) is 2.58. The molecule has 1 aromatic heterocycles. The van der Waals surface area contributed by atoms with Crippen LogP contribution in [0.3, 0.4) is 0 Å². The van der Waals surface area contributed by atoms with Crippen LogP contribution in [0.1, 0.15) is 22.5 Å². The molecule has 0 spiro atoms. The molecule has 98 valence electrons. The number of nitrogens with zero attached hydrogens (tertiary/aromatic N) is 2. The smallest absolute Gasteiger partial charge is 0.251 e. The molecule has 4 nitrogen and oxygen atoms in total. The number of rotatable bonds is 2. The molecule has 0 saturated heterocycles. The zero-order valence-corrected chi connectivity index (χ0v) is 11.1. The Morgan fingerprint density at radius 1 is 1.42 bits per heavy atom. The van der Waals surface area contributed by atoms with E-state index < -0.39 is 0 Å². The molecule has 2 heterocycles. The summed E-state index contributed by atoms with van der Waals surface area (Å²) in [6.45, 7) is 0.850. The van der Waals surface area contributed by atoms with E-state index in [9.17, 15) is 4.79 Å². The van der Waals surface area contributed by atoms with E-state index in [0.717, 1.165) is 19.4 Å². The van der Waals surface area contributed by atoms with Gasteiger partial charge in [-0.25, -0.2) is 0 Å². The van der Waals surface area contributed by atoms with Crippen LogP contribution in [0.25, 0.3) is 0 Å². The lowest BCUT2D eigenvalue weighted by Gasteiger charge is -2.24. The van der Waals surface area contributed by atoms with Gasteiger partial charge in [0.05, 0.1) is 0 Å². The second-order valence-corrected chi connectivity index (χ2v) is 5.16. The highest BCUT2D eigenvalue weighted by atomic mass is 35.5. The Hall–Kier alpha value is -1.81. The van der Waals surface area contributed by atoms with Crippen molar-refractivity contribution in [1.82, 2.24) is 15.1 Å². The molecular formula is C14H14ClN3O. The summed E-state index contributed by atoms with van der Waals surface area (Å²) in [4.78, 5) is 12.1. The summed E-state index contributed by atoms with van der Waals surface area (Å²) >= 11 is 5.89. The van der Waals surface area contributed by atoms with Crippen molar-refractivity contribution in [3.8, 4) is 0 Å². The van der Waals surface area contributed by atoms with Gasteiger partial charge >= 0.3 is 0 Å². The molecule has 2 aromatic rings. The summed E-state index contributed by atoms with van der Waals surface area (Å²) in [7, 11) is 0. The summed E-state index contributed by atoms with van der Waals surface area (Å²) in [5.41, 5.74) is 1.77. The summed E-state index contributed by atoms with van der Waals surface area (Å²) in [5, 5.41) is 7.86. The van der Waals surface area contributed by atoms with Crippen LogP contribution < -0.4 is 5.32 Å². The largest absolute Gasteiger partial charge is 0.349 e. The van der Waals surface area contributed by atoms with Gasteiger partial charge in [-0.15, -0.1) is 0 Å². The van der Waals surface area contributed by atoms with Crippen LogP contribution in [0, 0.1) is 0 Å². The maximum absolute atomic E-state index is 12.1.